The van der Waals surface area contributed by atoms with Crippen molar-refractivity contribution in [1.29, 1.82) is 0 Å². The monoisotopic (exact) mass is 232 g/mol. The summed E-state index contributed by atoms with van der Waals surface area (Å²) in [5, 5.41) is 0. The summed E-state index contributed by atoms with van der Waals surface area (Å²) in [6, 6.07) is 7.97. The molecule has 0 radical (unpaired) electrons. The van der Waals surface area contributed by atoms with E-state index in [4.69, 9.17) is 4.74 Å². The van der Waals surface area contributed by atoms with Crippen LogP contribution in [0.3, 0.4) is 0 Å². The lowest BCUT2D eigenvalue weighted by molar-refractivity contribution is -0.116. The van der Waals surface area contributed by atoms with E-state index >= 15 is 0 Å². The van der Waals surface area contributed by atoms with Crippen molar-refractivity contribution in [2.45, 2.75) is 33.1 Å². The van der Waals surface area contributed by atoms with E-state index in [2.05, 4.69) is 6.08 Å². The Morgan fingerprint density at radius 2 is 2.00 bits per heavy atom. The number of rotatable bonds is 7. The third-order valence-electron chi connectivity index (χ3n) is 2.48. The predicted octanol–water partition coefficient (Wildman–Crippen LogP) is 3.55. The van der Waals surface area contributed by atoms with E-state index in [-0.39, 0.29) is 5.78 Å². The van der Waals surface area contributed by atoms with Gasteiger partial charge in [0.25, 0.3) is 0 Å². The highest BCUT2D eigenvalue weighted by molar-refractivity contribution is 5.75. The number of benzene rings is 1. The van der Waals surface area contributed by atoms with Gasteiger partial charge in [-0.15, -0.1) is 0 Å². The van der Waals surface area contributed by atoms with Crippen LogP contribution < -0.4 is 4.74 Å². The number of hydrogen-bond acceptors (Lipinski definition) is 2. The maximum Gasteiger partial charge on any atom is 0.130 e. The van der Waals surface area contributed by atoms with Crippen LogP contribution in [-0.2, 0) is 11.2 Å². The number of allylic oxidation sites excluding steroid dienone is 1. The summed E-state index contributed by atoms with van der Waals surface area (Å²) in [5.41, 5.74) is 1.18. The average molecular weight is 232 g/mol. The number of carbonyl (C=O) groups is 1. The van der Waals surface area contributed by atoms with Gasteiger partial charge in [-0.3, -0.25) is 0 Å². The summed E-state index contributed by atoms with van der Waals surface area (Å²) < 4.78 is 5.57. The van der Waals surface area contributed by atoms with Gasteiger partial charge in [-0.1, -0.05) is 24.3 Å². The first kappa shape index (κ1) is 13.5. The minimum Gasteiger partial charge on any atom is -0.493 e. The molecule has 0 fully saturated rings. The SMILES string of the molecule is C/C=C/CCOc1ccc(CCC(C)=O)cc1. The first-order valence-corrected chi connectivity index (χ1v) is 6.04. The molecule has 0 N–H and O–H groups in total. The van der Waals surface area contributed by atoms with Crippen molar-refractivity contribution < 1.29 is 9.53 Å². The van der Waals surface area contributed by atoms with Crippen molar-refractivity contribution in [3.8, 4) is 5.75 Å². The maximum atomic E-state index is 10.9. The van der Waals surface area contributed by atoms with Crippen molar-refractivity contribution in [1.82, 2.24) is 0 Å². The number of ketones is 1. The van der Waals surface area contributed by atoms with Gasteiger partial charge in [-0.25, -0.2) is 0 Å². The van der Waals surface area contributed by atoms with Crippen LogP contribution in [0, 0.1) is 0 Å². The fourth-order valence-corrected chi connectivity index (χ4v) is 1.48. The van der Waals surface area contributed by atoms with E-state index in [9.17, 15) is 4.79 Å². The fraction of sp³-hybridized carbons (Fsp3) is 0.400. The van der Waals surface area contributed by atoms with Crippen LogP contribution in [0.4, 0.5) is 0 Å². The second kappa shape index (κ2) is 7.66. The lowest BCUT2D eigenvalue weighted by Crippen LogP contribution is -1.97. The van der Waals surface area contributed by atoms with Crippen molar-refractivity contribution in [2.75, 3.05) is 6.61 Å². The molecule has 0 amide bonds. The summed E-state index contributed by atoms with van der Waals surface area (Å²) in [4.78, 5) is 10.9. The second-order valence-corrected chi connectivity index (χ2v) is 4.05. The first-order chi connectivity index (χ1) is 8.22. The van der Waals surface area contributed by atoms with Gasteiger partial charge in [-0.2, -0.15) is 0 Å². The number of ether oxygens (including phenoxy) is 1. The highest BCUT2D eigenvalue weighted by atomic mass is 16.5. The van der Waals surface area contributed by atoms with Crippen LogP contribution in [0.15, 0.2) is 36.4 Å². The Morgan fingerprint density at radius 1 is 1.29 bits per heavy atom. The van der Waals surface area contributed by atoms with Gasteiger partial charge < -0.3 is 9.53 Å². The Balaban J connectivity index is 2.36. The normalized spacial score (nSPS) is 10.7. The minimum atomic E-state index is 0.233. The van der Waals surface area contributed by atoms with Crippen LogP contribution in [0.25, 0.3) is 0 Å². The molecular formula is C15H20O2. The smallest absolute Gasteiger partial charge is 0.130 e. The number of aryl methyl sites for hydroxylation is 1. The number of carbonyl (C=O) groups excluding carboxylic acids is 1. The van der Waals surface area contributed by atoms with Gasteiger partial charge in [0.1, 0.15) is 11.5 Å². The van der Waals surface area contributed by atoms with Crippen LogP contribution in [0.5, 0.6) is 5.75 Å². The van der Waals surface area contributed by atoms with Gasteiger partial charge in [-0.05, 0) is 44.4 Å². The summed E-state index contributed by atoms with van der Waals surface area (Å²) in [7, 11) is 0. The molecule has 0 atom stereocenters. The largest absolute Gasteiger partial charge is 0.493 e. The van der Waals surface area contributed by atoms with Crippen LogP contribution in [-0.4, -0.2) is 12.4 Å². The van der Waals surface area contributed by atoms with Gasteiger partial charge in [0.05, 0.1) is 6.61 Å². The zero-order chi connectivity index (χ0) is 12.5. The molecule has 0 aliphatic carbocycles. The third kappa shape index (κ3) is 5.91. The van der Waals surface area contributed by atoms with Crippen molar-refractivity contribution in [3.63, 3.8) is 0 Å². The van der Waals surface area contributed by atoms with E-state index in [1.54, 1.807) is 6.92 Å². The average Bonchev–Trinajstić information content (AvgIpc) is 2.33. The highest BCUT2D eigenvalue weighted by Crippen LogP contribution is 2.13. The van der Waals surface area contributed by atoms with Crippen LogP contribution in [0.2, 0.25) is 0 Å². The van der Waals surface area contributed by atoms with E-state index in [1.165, 1.54) is 5.56 Å². The molecule has 2 nitrogen and oxygen atoms in total. The molecule has 0 unspecified atom stereocenters. The van der Waals surface area contributed by atoms with Gasteiger partial charge >= 0.3 is 0 Å². The quantitative estimate of drug-likeness (QED) is 0.531. The molecular weight excluding hydrogens is 212 g/mol. The van der Waals surface area contributed by atoms with E-state index in [0.717, 1.165) is 18.6 Å². The zero-order valence-corrected chi connectivity index (χ0v) is 10.6. The topological polar surface area (TPSA) is 26.3 Å². The highest BCUT2D eigenvalue weighted by Gasteiger charge is 1.98. The summed E-state index contributed by atoms with van der Waals surface area (Å²) >= 11 is 0. The maximum absolute atomic E-state index is 10.9. The standard InChI is InChI=1S/C15H20O2/c1-3-4-5-12-17-15-10-8-14(9-11-15)7-6-13(2)16/h3-4,8-11H,5-7,12H2,1-2H3/b4-3+. The first-order valence-electron chi connectivity index (χ1n) is 6.04. The Labute approximate surface area is 103 Å². The summed E-state index contributed by atoms with van der Waals surface area (Å²) in [6.07, 6.45) is 6.47. The van der Waals surface area contributed by atoms with Crippen molar-refractivity contribution in [3.05, 3.63) is 42.0 Å². The molecule has 0 spiro atoms. The minimum absolute atomic E-state index is 0.233. The molecule has 0 bridgehead atoms. The van der Waals surface area contributed by atoms with Crippen LogP contribution >= 0.6 is 0 Å². The molecule has 1 aromatic carbocycles. The van der Waals surface area contributed by atoms with Gasteiger partial charge in [0, 0.05) is 6.42 Å². The Morgan fingerprint density at radius 3 is 2.59 bits per heavy atom. The molecule has 0 saturated carbocycles. The lowest BCUT2D eigenvalue weighted by Gasteiger charge is -2.05. The molecule has 92 valence electrons. The third-order valence-corrected chi connectivity index (χ3v) is 2.48. The Bertz CT molecular complexity index is 363. The second-order valence-electron chi connectivity index (χ2n) is 4.05. The number of Topliss-reactive ketones (excluding diaryl/α,β-unsaturated/α-hetero) is 1. The van der Waals surface area contributed by atoms with Crippen molar-refractivity contribution >= 4 is 5.78 Å². The zero-order valence-electron chi connectivity index (χ0n) is 10.6. The molecule has 0 heterocycles. The predicted molar refractivity (Wildman–Crippen MR) is 70.4 cm³/mol. The van der Waals surface area contributed by atoms with E-state index in [0.29, 0.717) is 13.0 Å². The Hall–Kier alpha value is -1.57. The Kier molecular flexibility index (Phi) is 6.08. The van der Waals surface area contributed by atoms with Gasteiger partial charge in [0.2, 0.25) is 0 Å². The van der Waals surface area contributed by atoms with E-state index in [1.807, 2.05) is 37.3 Å². The summed E-state index contributed by atoms with van der Waals surface area (Å²) in [5.74, 6) is 1.12. The van der Waals surface area contributed by atoms with E-state index < -0.39 is 0 Å². The van der Waals surface area contributed by atoms with Crippen molar-refractivity contribution in [2.24, 2.45) is 0 Å². The molecule has 0 aromatic heterocycles. The van der Waals surface area contributed by atoms with Gasteiger partial charge in [0.15, 0.2) is 0 Å². The molecule has 0 aliphatic rings. The molecule has 2 heteroatoms. The molecule has 1 aromatic rings. The molecule has 17 heavy (non-hydrogen) atoms. The fourth-order valence-electron chi connectivity index (χ4n) is 1.48. The molecule has 0 aliphatic heterocycles. The molecule has 1 rings (SSSR count). The van der Waals surface area contributed by atoms with Crippen LogP contribution in [0.1, 0.15) is 32.3 Å². The lowest BCUT2D eigenvalue weighted by atomic mass is 10.1. The summed E-state index contributed by atoms with van der Waals surface area (Å²) in [6.45, 7) is 4.33. The number of hydrogen-bond donors (Lipinski definition) is 0. The molecule has 0 saturated heterocycles.